The number of halogens is 4. The van der Waals surface area contributed by atoms with Crippen molar-refractivity contribution in [3.8, 4) is 0 Å². The molecular formula is C10H4Cl4. The number of hydrogen-bond donors (Lipinski definition) is 0. The van der Waals surface area contributed by atoms with E-state index in [9.17, 15) is 0 Å². The Morgan fingerprint density at radius 2 is 0.929 bits per heavy atom. The van der Waals surface area contributed by atoms with Crippen LogP contribution in [0.25, 0.3) is 10.8 Å². The minimum Gasteiger partial charge on any atom is -0.0827 e. The molecule has 72 valence electrons. The lowest BCUT2D eigenvalue weighted by Gasteiger charge is -2.05. The van der Waals surface area contributed by atoms with Gasteiger partial charge in [-0.3, -0.25) is 0 Å². The summed E-state index contributed by atoms with van der Waals surface area (Å²) >= 11 is 23.8. The fourth-order valence-corrected chi connectivity index (χ4v) is 2.06. The van der Waals surface area contributed by atoms with Gasteiger partial charge in [0.2, 0.25) is 0 Å². The van der Waals surface area contributed by atoms with Crippen LogP contribution >= 0.6 is 46.4 Å². The van der Waals surface area contributed by atoms with Crippen molar-refractivity contribution < 1.29 is 0 Å². The highest BCUT2D eigenvalue weighted by Gasteiger charge is 2.08. The zero-order valence-electron chi connectivity index (χ0n) is 6.82. The lowest BCUT2D eigenvalue weighted by atomic mass is 10.1. The number of fused-ring (bicyclic) bond motifs is 1. The number of hydrogen-bond acceptors (Lipinski definition) is 0. The summed E-state index contributed by atoms with van der Waals surface area (Å²) in [5.41, 5.74) is 0. The van der Waals surface area contributed by atoms with Crippen LogP contribution < -0.4 is 0 Å². The van der Waals surface area contributed by atoms with Gasteiger partial charge in [0.05, 0.1) is 20.1 Å². The summed E-state index contributed by atoms with van der Waals surface area (Å²) in [6, 6.07) is 7.01. The topological polar surface area (TPSA) is 0 Å². The summed E-state index contributed by atoms with van der Waals surface area (Å²) in [6.07, 6.45) is 0. The van der Waals surface area contributed by atoms with Crippen LogP contribution in [0.5, 0.6) is 0 Å². The maximum Gasteiger partial charge on any atom is 0.0671 e. The highest BCUT2D eigenvalue weighted by atomic mass is 35.5. The normalized spacial score (nSPS) is 10.9. The van der Waals surface area contributed by atoms with Crippen molar-refractivity contribution in [1.29, 1.82) is 0 Å². The van der Waals surface area contributed by atoms with Crippen LogP contribution in [0.4, 0.5) is 0 Å². The van der Waals surface area contributed by atoms with Crippen molar-refractivity contribution >= 4 is 57.2 Å². The average Bonchev–Trinajstić information content (AvgIpc) is 2.17. The highest BCUT2D eigenvalue weighted by molar-refractivity contribution is 6.48. The minimum atomic E-state index is 0.503. The fraction of sp³-hybridized carbons (Fsp3) is 0. The molecule has 0 amide bonds. The van der Waals surface area contributed by atoms with Crippen LogP contribution in [0.2, 0.25) is 20.1 Å². The van der Waals surface area contributed by atoms with E-state index < -0.39 is 0 Å². The second-order valence-corrected chi connectivity index (χ2v) is 4.39. The van der Waals surface area contributed by atoms with Gasteiger partial charge in [-0.15, -0.1) is 0 Å². The monoisotopic (exact) mass is 264 g/mol. The van der Waals surface area contributed by atoms with Gasteiger partial charge in [0, 0.05) is 10.8 Å². The molecular weight excluding hydrogens is 262 g/mol. The van der Waals surface area contributed by atoms with E-state index >= 15 is 0 Å². The molecule has 4 heteroatoms. The van der Waals surface area contributed by atoms with Crippen LogP contribution in [0.1, 0.15) is 0 Å². The lowest BCUT2D eigenvalue weighted by Crippen LogP contribution is -1.78. The lowest BCUT2D eigenvalue weighted by molar-refractivity contribution is 1.74. The summed E-state index contributed by atoms with van der Waals surface area (Å²) in [7, 11) is 0. The maximum absolute atomic E-state index is 6.02. The molecule has 14 heavy (non-hydrogen) atoms. The van der Waals surface area contributed by atoms with E-state index in [1.807, 2.05) is 0 Å². The third-order valence-electron chi connectivity index (χ3n) is 1.98. The molecule has 0 aliphatic carbocycles. The fourth-order valence-electron chi connectivity index (χ4n) is 1.28. The summed E-state index contributed by atoms with van der Waals surface area (Å²) in [4.78, 5) is 0. The molecule has 0 aromatic heterocycles. The second kappa shape index (κ2) is 3.79. The first-order valence-electron chi connectivity index (χ1n) is 3.83. The van der Waals surface area contributed by atoms with Crippen molar-refractivity contribution in [2.45, 2.75) is 0 Å². The van der Waals surface area contributed by atoms with E-state index in [0.717, 1.165) is 10.8 Å². The first-order chi connectivity index (χ1) is 6.61. The molecule has 0 saturated heterocycles. The summed E-state index contributed by atoms with van der Waals surface area (Å²) in [5, 5.41) is 3.66. The Morgan fingerprint density at radius 1 is 0.571 bits per heavy atom. The predicted octanol–water partition coefficient (Wildman–Crippen LogP) is 5.45. The standard InChI is InChI=1S/C10H4Cl4/c11-7-3-1-5-6(10(7)14)2-4-8(12)9(5)13/h1-4H. The summed E-state index contributed by atoms with van der Waals surface area (Å²) in [6.45, 7) is 0. The molecule has 2 aromatic carbocycles. The van der Waals surface area contributed by atoms with Crippen LogP contribution in [-0.4, -0.2) is 0 Å². The summed E-state index contributed by atoms with van der Waals surface area (Å²) < 4.78 is 0. The van der Waals surface area contributed by atoms with Crippen molar-refractivity contribution in [3.05, 3.63) is 44.4 Å². The molecule has 0 radical (unpaired) electrons. The number of rotatable bonds is 0. The molecule has 0 aliphatic rings. The van der Waals surface area contributed by atoms with E-state index in [1.165, 1.54) is 0 Å². The predicted molar refractivity (Wildman–Crippen MR) is 64.0 cm³/mol. The quantitative estimate of drug-likeness (QED) is 0.594. The maximum atomic E-state index is 6.02. The number of benzene rings is 2. The van der Waals surface area contributed by atoms with Gasteiger partial charge in [-0.05, 0) is 12.1 Å². The molecule has 0 aliphatic heterocycles. The van der Waals surface area contributed by atoms with Gasteiger partial charge in [0.25, 0.3) is 0 Å². The first-order valence-corrected chi connectivity index (χ1v) is 5.34. The zero-order chi connectivity index (χ0) is 10.3. The largest absolute Gasteiger partial charge is 0.0827 e. The smallest absolute Gasteiger partial charge is 0.0671 e. The van der Waals surface area contributed by atoms with Crippen molar-refractivity contribution in [3.63, 3.8) is 0 Å². The third kappa shape index (κ3) is 1.57. The first kappa shape index (κ1) is 10.4. The Kier molecular flexibility index (Phi) is 2.81. The van der Waals surface area contributed by atoms with E-state index in [2.05, 4.69) is 0 Å². The Morgan fingerprint density at radius 3 is 1.29 bits per heavy atom. The van der Waals surface area contributed by atoms with Gasteiger partial charge in [-0.2, -0.15) is 0 Å². The second-order valence-electron chi connectivity index (χ2n) is 2.82. The van der Waals surface area contributed by atoms with Gasteiger partial charge in [0.1, 0.15) is 0 Å². The third-order valence-corrected chi connectivity index (χ3v) is 3.61. The molecule has 0 fully saturated rings. The highest BCUT2D eigenvalue weighted by Crippen LogP contribution is 2.37. The van der Waals surface area contributed by atoms with E-state index in [-0.39, 0.29) is 0 Å². The van der Waals surface area contributed by atoms with Crippen LogP contribution in [0.3, 0.4) is 0 Å². The zero-order valence-corrected chi connectivity index (χ0v) is 9.84. The Bertz CT molecular complexity index is 458. The van der Waals surface area contributed by atoms with Gasteiger partial charge in [0.15, 0.2) is 0 Å². The minimum absolute atomic E-state index is 0.503. The summed E-state index contributed by atoms with van der Waals surface area (Å²) in [5.74, 6) is 0. The van der Waals surface area contributed by atoms with Gasteiger partial charge < -0.3 is 0 Å². The van der Waals surface area contributed by atoms with Crippen molar-refractivity contribution in [2.24, 2.45) is 0 Å². The van der Waals surface area contributed by atoms with Crippen LogP contribution in [0, 0.1) is 0 Å². The SMILES string of the molecule is Clc1ccc2c(Cl)c(Cl)ccc2c1Cl. The van der Waals surface area contributed by atoms with E-state index in [1.54, 1.807) is 24.3 Å². The molecule has 0 N–H and O–H groups in total. The Labute approximate surface area is 101 Å². The molecule has 2 rings (SSSR count). The van der Waals surface area contributed by atoms with E-state index in [0.29, 0.717) is 20.1 Å². The van der Waals surface area contributed by atoms with Crippen LogP contribution in [-0.2, 0) is 0 Å². The molecule has 2 aromatic rings. The molecule has 0 nitrogen and oxygen atoms in total. The molecule has 0 saturated carbocycles. The van der Waals surface area contributed by atoms with E-state index in [4.69, 9.17) is 46.4 Å². The molecule has 0 atom stereocenters. The van der Waals surface area contributed by atoms with Crippen molar-refractivity contribution in [2.75, 3.05) is 0 Å². The van der Waals surface area contributed by atoms with Gasteiger partial charge in [-0.25, -0.2) is 0 Å². The van der Waals surface area contributed by atoms with Crippen LogP contribution in [0.15, 0.2) is 24.3 Å². The van der Waals surface area contributed by atoms with Gasteiger partial charge >= 0.3 is 0 Å². The Balaban J connectivity index is 2.94. The molecule has 0 spiro atoms. The van der Waals surface area contributed by atoms with Crippen molar-refractivity contribution in [1.82, 2.24) is 0 Å². The van der Waals surface area contributed by atoms with Gasteiger partial charge in [-0.1, -0.05) is 58.5 Å². The average molecular weight is 266 g/mol. The Hall–Kier alpha value is -0.140. The molecule has 0 heterocycles. The molecule has 0 bridgehead atoms. The molecule has 0 unspecified atom stereocenters.